The van der Waals surface area contributed by atoms with Crippen molar-refractivity contribution in [1.29, 1.82) is 0 Å². The second-order valence-corrected chi connectivity index (χ2v) is 8.38. The molecular weight excluding hydrogens is 461 g/mol. The van der Waals surface area contributed by atoms with E-state index in [4.69, 9.17) is 16.3 Å². The Labute approximate surface area is 200 Å². The number of carbonyl (C=O) groups excluding carboxylic acids is 2. The van der Waals surface area contributed by atoms with E-state index in [0.29, 0.717) is 16.7 Å². The number of aromatic hydroxyl groups is 1. The first-order chi connectivity index (χ1) is 16.2. The summed E-state index contributed by atoms with van der Waals surface area (Å²) >= 11 is 6.29. The van der Waals surface area contributed by atoms with Crippen molar-refractivity contribution in [2.45, 2.75) is 19.5 Å². The molecule has 1 aliphatic rings. The normalized spacial score (nSPS) is 17.3. The van der Waals surface area contributed by atoms with Crippen LogP contribution in [0.5, 0.6) is 11.5 Å². The lowest BCUT2D eigenvalue weighted by atomic mass is 9.94. The van der Waals surface area contributed by atoms with Gasteiger partial charge in [-0.1, -0.05) is 35.9 Å². The van der Waals surface area contributed by atoms with Gasteiger partial charge >= 0.3 is 0 Å². The molecule has 0 spiro atoms. The molecule has 0 saturated carbocycles. The molecule has 3 aromatic carbocycles. The zero-order chi connectivity index (χ0) is 24.6. The SMILES string of the molecule is COc1c(Cl)cc(C)cc1/C(O)=C1\C(=O)C(=O)N(Cc2ccc(F)cc2)C1c1ccc(O)cc1. The Morgan fingerprint density at radius 2 is 1.74 bits per heavy atom. The fourth-order valence-electron chi connectivity index (χ4n) is 4.09. The maximum atomic E-state index is 13.4. The van der Waals surface area contributed by atoms with E-state index in [1.54, 1.807) is 31.2 Å². The molecule has 0 aromatic heterocycles. The molecule has 1 atom stereocenters. The minimum atomic E-state index is -0.963. The van der Waals surface area contributed by atoms with Crippen LogP contribution in [0.3, 0.4) is 0 Å². The van der Waals surface area contributed by atoms with E-state index >= 15 is 0 Å². The van der Waals surface area contributed by atoms with Crippen molar-refractivity contribution < 1.29 is 28.9 Å². The summed E-state index contributed by atoms with van der Waals surface area (Å²) in [5, 5.41) is 21.3. The number of likely N-dealkylation sites (tertiary alicyclic amines) is 1. The van der Waals surface area contributed by atoms with E-state index in [0.717, 1.165) is 0 Å². The molecule has 1 unspecified atom stereocenters. The molecule has 3 aromatic rings. The highest BCUT2D eigenvalue weighted by atomic mass is 35.5. The molecular formula is C26H21ClFNO5. The Morgan fingerprint density at radius 3 is 2.35 bits per heavy atom. The van der Waals surface area contributed by atoms with E-state index in [1.165, 1.54) is 48.4 Å². The van der Waals surface area contributed by atoms with E-state index in [-0.39, 0.29) is 34.2 Å². The summed E-state index contributed by atoms with van der Waals surface area (Å²) in [5.74, 6) is -2.38. The van der Waals surface area contributed by atoms with Gasteiger partial charge in [-0.3, -0.25) is 9.59 Å². The molecule has 1 amide bonds. The number of hydrogen-bond donors (Lipinski definition) is 2. The molecule has 34 heavy (non-hydrogen) atoms. The van der Waals surface area contributed by atoms with Crippen LogP contribution in [0.15, 0.2) is 66.2 Å². The lowest BCUT2D eigenvalue weighted by molar-refractivity contribution is -0.140. The summed E-state index contributed by atoms with van der Waals surface area (Å²) in [4.78, 5) is 27.6. The van der Waals surface area contributed by atoms with Crippen LogP contribution in [0.1, 0.15) is 28.3 Å². The fourth-order valence-corrected chi connectivity index (χ4v) is 4.44. The maximum absolute atomic E-state index is 13.4. The van der Waals surface area contributed by atoms with Crippen LogP contribution in [0, 0.1) is 12.7 Å². The Morgan fingerprint density at radius 1 is 1.09 bits per heavy atom. The van der Waals surface area contributed by atoms with Crippen molar-refractivity contribution in [3.8, 4) is 11.5 Å². The van der Waals surface area contributed by atoms with Crippen LogP contribution in [-0.4, -0.2) is 33.9 Å². The van der Waals surface area contributed by atoms with Gasteiger partial charge in [0.05, 0.1) is 29.3 Å². The number of rotatable bonds is 5. The molecule has 1 fully saturated rings. The number of amides is 1. The second-order valence-electron chi connectivity index (χ2n) is 7.97. The zero-order valence-electron chi connectivity index (χ0n) is 18.4. The Balaban J connectivity index is 1.91. The number of aryl methyl sites for hydroxylation is 1. The quantitative estimate of drug-likeness (QED) is 0.300. The van der Waals surface area contributed by atoms with Gasteiger partial charge in [-0.05, 0) is 60.0 Å². The maximum Gasteiger partial charge on any atom is 0.295 e. The standard InChI is InChI=1S/C26H21ClFNO5/c1-14-11-19(25(34-2)20(27)12-14)23(31)21-22(16-5-9-18(30)10-6-16)29(26(33)24(21)32)13-15-3-7-17(28)8-4-15/h3-12,22,30-31H,13H2,1-2H3/b23-21+. The third-order valence-corrected chi connectivity index (χ3v) is 5.94. The van der Waals surface area contributed by atoms with E-state index in [1.807, 2.05) is 0 Å². The van der Waals surface area contributed by atoms with Crippen LogP contribution >= 0.6 is 11.6 Å². The van der Waals surface area contributed by atoms with Gasteiger partial charge in [0.2, 0.25) is 0 Å². The predicted octanol–water partition coefficient (Wildman–Crippen LogP) is 5.12. The highest BCUT2D eigenvalue weighted by Crippen LogP contribution is 2.43. The second kappa shape index (κ2) is 9.19. The van der Waals surface area contributed by atoms with Crippen molar-refractivity contribution in [3.05, 3.63) is 99.3 Å². The number of aliphatic hydroxyl groups is 1. The van der Waals surface area contributed by atoms with Gasteiger partial charge in [0.25, 0.3) is 11.7 Å². The van der Waals surface area contributed by atoms with Crippen molar-refractivity contribution >= 4 is 29.1 Å². The third-order valence-electron chi connectivity index (χ3n) is 5.66. The van der Waals surface area contributed by atoms with Crippen LogP contribution in [0.25, 0.3) is 5.76 Å². The molecule has 1 aliphatic heterocycles. The molecule has 1 heterocycles. The van der Waals surface area contributed by atoms with Gasteiger partial charge in [-0.2, -0.15) is 0 Å². The molecule has 2 N–H and O–H groups in total. The minimum absolute atomic E-state index is 0.00111. The first-order valence-corrected chi connectivity index (χ1v) is 10.8. The average Bonchev–Trinajstić information content (AvgIpc) is 3.05. The molecule has 4 rings (SSSR count). The number of hydrogen-bond acceptors (Lipinski definition) is 5. The summed E-state index contributed by atoms with van der Waals surface area (Å²) < 4.78 is 18.7. The van der Waals surface area contributed by atoms with E-state index in [2.05, 4.69) is 0 Å². The first-order valence-electron chi connectivity index (χ1n) is 10.4. The Bertz CT molecular complexity index is 1300. The highest BCUT2D eigenvalue weighted by Gasteiger charge is 2.46. The minimum Gasteiger partial charge on any atom is -0.508 e. The number of methoxy groups -OCH3 is 1. The number of Topliss-reactive ketones (excluding diaryl/α,β-unsaturated/α-hetero) is 1. The largest absolute Gasteiger partial charge is 0.508 e. The monoisotopic (exact) mass is 481 g/mol. The number of ether oxygens (including phenoxy) is 1. The molecule has 8 heteroatoms. The van der Waals surface area contributed by atoms with Gasteiger partial charge in [0.15, 0.2) is 0 Å². The van der Waals surface area contributed by atoms with E-state index < -0.39 is 29.3 Å². The number of carbonyl (C=O) groups is 2. The number of aliphatic hydroxyl groups excluding tert-OH is 1. The predicted molar refractivity (Wildman–Crippen MR) is 125 cm³/mol. The van der Waals surface area contributed by atoms with Crippen LogP contribution in [0.4, 0.5) is 4.39 Å². The molecule has 0 bridgehead atoms. The van der Waals surface area contributed by atoms with Crippen LogP contribution in [0.2, 0.25) is 5.02 Å². The molecule has 6 nitrogen and oxygen atoms in total. The lowest BCUT2D eigenvalue weighted by Crippen LogP contribution is -2.29. The van der Waals surface area contributed by atoms with Crippen molar-refractivity contribution in [1.82, 2.24) is 4.90 Å². The van der Waals surface area contributed by atoms with Crippen molar-refractivity contribution in [3.63, 3.8) is 0 Å². The highest BCUT2D eigenvalue weighted by molar-refractivity contribution is 6.46. The Hall–Kier alpha value is -3.84. The molecule has 0 aliphatic carbocycles. The lowest BCUT2D eigenvalue weighted by Gasteiger charge is -2.25. The molecule has 1 saturated heterocycles. The van der Waals surface area contributed by atoms with Gasteiger partial charge in [0.1, 0.15) is 23.1 Å². The topological polar surface area (TPSA) is 87.1 Å². The smallest absolute Gasteiger partial charge is 0.295 e. The summed E-state index contributed by atoms with van der Waals surface area (Å²) in [7, 11) is 1.39. The number of benzene rings is 3. The van der Waals surface area contributed by atoms with Crippen LogP contribution < -0.4 is 4.74 Å². The first kappa shape index (κ1) is 23.3. The zero-order valence-corrected chi connectivity index (χ0v) is 19.1. The van der Waals surface area contributed by atoms with Crippen molar-refractivity contribution in [2.24, 2.45) is 0 Å². The number of nitrogens with zero attached hydrogens (tertiary/aromatic N) is 1. The van der Waals surface area contributed by atoms with Crippen molar-refractivity contribution in [2.75, 3.05) is 7.11 Å². The van der Waals surface area contributed by atoms with Crippen LogP contribution in [-0.2, 0) is 16.1 Å². The summed E-state index contributed by atoms with van der Waals surface area (Å²) in [5.41, 5.74) is 1.85. The average molecular weight is 482 g/mol. The summed E-state index contributed by atoms with van der Waals surface area (Å²) in [6.45, 7) is 1.77. The Kier molecular flexibility index (Phi) is 6.30. The molecule has 174 valence electrons. The third kappa shape index (κ3) is 4.22. The van der Waals surface area contributed by atoms with Gasteiger partial charge in [-0.25, -0.2) is 4.39 Å². The number of halogens is 2. The summed E-state index contributed by atoms with van der Waals surface area (Å²) in [6, 6.07) is 13.9. The molecule has 0 radical (unpaired) electrons. The van der Waals surface area contributed by atoms with Gasteiger partial charge < -0.3 is 19.8 Å². The number of phenolic OH excluding ortho intramolecular Hbond substituents is 1. The number of phenols is 1. The van der Waals surface area contributed by atoms with E-state index in [9.17, 15) is 24.2 Å². The fraction of sp³-hybridized carbons (Fsp3) is 0.154. The van der Waals surface area contributed by atoms with Gasteiger partial charge in [-0.15, -0.1) is 0 Å². The summed E-state index contributed by atoms with van der Waals surface area (Å²) in [6.07, 6.45) is 0. The van der Waals surface area contributed by atoms with Gasteiger partial charge in [0, 0.05) is 6.54 Å². The number of ketones is 1.